The molecule has 0 aliphatic heterocycles. The molecule has 1 aromatic heterocycles. The van der Waals surface area contributed by atoms with Crippen molar-refractivity contribution in [3.8, 4) is 0 Å². The predicted molar refractivity (Wildman–Crippen MR) is 92.1 cm³/mol. The van der Waals surface area contributed by atoms with Crippen LogP contribution in [0.15, 0.2) is 34.9 Å². The van der Waals surface area contributed by atoms with E-state index in [1.807, 2.05) is 6.07 Å². The van der Waals surface area contributed by atoms with Gasteiger partial charge in [0.25, 0.3) is 0 Å². The van der Waals surface area contributed by atoms with Gasteiger partial charge in [0.2, 0.25) is 0 Å². The summed E-state index contributed by atoms with van der Waals surface area (Å²) < 4.78 is 0.822. The number of hydrogen-bond donors (Lipinski definition) is 1. The summed E-state index contributed by atoms with van der Waals surface area (Å²) in [4.78, 5) is 8.92. The predicted octanol–water partition coefficient (Wildman–Crippen LogP) is 5.28. The highest BCUT2D eigenvalue weighted by atomic mass is 79.9. The third-order valence-electron chi connectivity index (χ3n) is 3.26. The first-order chi connectivity index (χ1) is 10.2. The molecule has 0 radical (unpaired) electrons. The molecule has 0 aliphatic carbocycles. The van der Waals surface area contributed by atoms with E-state index in [0.717, 1.165) is 41.2 Å². The highest BCUT2D eigenvalue weighted by molar-refractivity contribution is 9.10. The molecule has 0 bridgehead atoms. The van der Waals surface area contributed by atoms with Crippen LogP contribution in [0, 0.1) is 0 Å². The third-order valence-corrected chi connectivity index (χ3v) is 3.67. The lowest BCUT2D eigenvalue weighted by Crippen LogP contribution is -2.00. The molecule has 1 aromatic carbocycles. The fraction of sp³-hybridized carbons (Fsp3) is 0.412. The third kappa shape index (κ3) is 5.12. The Morgan fingerprint density at radius 2 is 1.76 bits per heavy atom. The van der Waals surface area contributed by atoms with Crippen molar-refractivity contribution in [1.29, 1.82) is 0 Å². The molecule has 0 spiro atoms. The van der Waals surface area contributed by atoms with Gasteiger partial charge in [-0.2, -0.15) is 0 Å². The zero-order chi connectivity index (χ0) is 15.1. The monoisotopic (exact) mass is 347 g/mol. The van der Waals surface area contributed by atoms with Crippen molar-refractivity contribution < 1.29 is 0 Å². The molecule has 0 aliphatic rings. The fourth-order valence-electron chi connectivity index (χ4n) is 2.15. The van der Waals surface area contributed by atoms with Crippen LogP contribution in [0.5, 0.6) is 0 Å². The van der Waals surface area contributed by atoms with Crippen LogP contribution >= 0.6 is 15.9 Å². The van der Waals surface area contributed by atoms with Crippen molar-refractivity contribution in [1.82, 2.24) is 9.97 Å². The Hall–Kier alpha value is -1.42. The summed E-state index contributed by atoms with van der Waals surface area (Å²) in [6.45, 7) is 4.35. The van der Waals surface area contributed by atoms with Crippen LogP contribution in [-0.4, -0.2) is 9.97 Å². The summed E-state index contributed by atoms with van der Waals surface area (Å²) in [6, 6.07) is 10.5. The Balaban J connectivity index is 2.07. The van der Waals surface area contributed by atoms with Gasteiger partial charge in [-0.3, -0.25) is 0 Å². The maximum absolute atomic E-state index is 4.54. The SMILES string of the molecule is CCCCc1ccc(Nc2cc(Br)nc(CCC)n2)cc1. The molecule has 4 heteroatoms. The standard InChI is InChI=1S/C17H22BrN3/c1-3-5-7-13-8-10-14(11-9-13)19-17-12-15(18)20-16(21-17)6-4-2/h8-12H,3-7H2,1-2H3,(H,19,20,21). The van der Waals surface area contributed by atoms with Gasteiger partial charge >= 0.3 is 0 Å². The van der Waals surface area contributed by atoms with E-state index < -0.39 is 0 Å². The number of hydrogen-bond acceptors (Lipinski definition) is 3. The van der Waals surface area contributed by atoms with Gasteiger partial charge in [0.1, 0.15) is 16.2 Å². The average molecular weight is 348 g/mol. The molecule has 0 unspecified atom stereocenters. The average Bonchev–Trinajstić information content (AvgIpc) is 2.46. The van der Waals surface area contributed by atoms with Crippen LogP contribution in [0.1, 0.15) is 44.5 Å². The van der Waals surface area contributed by atoms with Gasteiger partial charge in [0.05, 0.1) is 0 Å². The van der Waals surface area contributed by atoms with Gasteiger partial charge in [-0.05, 0) is 52.9 Å². The lowest BCUT2D eigenvalue weighted by Gasteiger charge is -2.08. The summed E-state index contributed by atoms with van der Waals surface area (Å²) in [5, 5.41) is 3.35. The van der Waals surface area contributed by atoms with Crippen molar-refractivity contribution >= 4 is 27.4 Å². The van der Waals surface area contributed by atoms with E-state index in [1.54, 1.807) is 0 Å². The molecule has 112 valence electrons. The van der Waals surface area contributed by atoms with Gasteiger partial charge in [-0.15, -0.1) is 0 Å². The Labute approximate surface area is 135 Å². The van der Waals surface area contributed by atoms with Crippen molar-refractivity contribution in [2.24, 2.45) is 0 Å². The number of aromatic nitrogens is 2. The topological polar surface area (TPSA) is 37.8 Å². The molecule has 2 rings (SSSR count). The molecular formula is C17H22BrN3. The summed E-state index contributed by atoms with van der Waals surface area (Å²) in [5.41, 5.74) is 2.45. The molecule has 3 nitrogen and oxygen atoms in total. The van der Waals surface area contributed by atoms with Gasteiger partial charge in [0.15, 0.2) is 0 Å². The number of rotatable bonds is 7. The molecule has 0 saturated heterocycles. The van der Waals surface area contributed by atoms with E-state index in [9.17, 15) is 0 Å². The minimum atomic E-state index is 0.822. The van der Waals surface area contributed by atoms with Gasteiger partial charge in [0, 0.05) is 18.2 Å². The Kier molecular flexibility index (Phi) is 6.18. The minimum Gasteiger partial charge on any atom is -0.340 e. The van der Waals surface area contributed by atoms with Gasteiger partial charge < -0.3 is 5.32 Å². The second kappa shape index (κ2) is 8.13. The van der Waals surface area contributed by atoms with Gasteiger partial charge in [-0.25, -0.2) is 9.97 Å². The van der Waals surface area contributed by atoms with Crippen molar-refractivity contribution in [2.45, 2.75) is 46.0 Å². The highest BCUT2D eigenvalue weighted by Gasteiger charge is 2.03. The second-order valence-electron chi connectivity index (χ2n) is 5.17. The molecule has 21 heavy (non-hydrogen) atoms. The van der Waals surface area contributed by atoms with E-state index >= 15 is 0 Å². The number of anilines is 2. The van der Waals surface area contributed by atoms with E-state index in [2.05, 4.69) is 69.3 Å². The van der Waals surface area contributed by atoms with Crippen LogP contribution in [0.4, 0.5) is 11.5 Å². The van der Waals surface area contributed by atoms with E-state index in [1.165, 1.54) is 18.4 Å². The quantitative estimate of drug-likeness (QED) is 0.692. The van der Waals surface area contributed by atoms with E-state index in [-0.39, 0.29) is 0 Å². The zero-order valence-corrected chi connectivity index (χ0v) is 14.3. The summed E-state index contributed by atoms with van der Waals surface area (Å²) >= 11 is 3.45. The minimum absolute atomic E-state index is 0.822. The second-order valence-corrected chi connectivity index (χ2v) is 5.98. The summed E-state index contributed by atoms with van der Waals surface area (Å²) in [5.74, 6) is 1.70. The number of nitrogens with zero attached hydrogens (tertiary/aromatic N) is 2. The van der Waals surface area contributed by atoms with Crippen molar-refractivity contribution in [3.05, 3.63) is 46.3 Å². The molecule has 0 fully saturated rings. The van der Waals surface area contributed by atoms with Gasteiger partial charge in [-0.1, -0.05) is 32.4 Å². The molecular weight excluding hydrogens is 326 g/mol. The zero-order valence-electron chi connectivity index (χ0n) is 12.7. The molecule has 0 saturated carbocycles. The first-order valence-corrected chi connectivity index (χ1v) is 8.40. The largest absolute Gasteiger partial charge is 0.340 e. The smallest absolute Gasteiger partial charge is 0.135 e. The fourth-order valence-corrected chi connectivity index (χ4v) is 2.57. The molecule has 2 aromatic rings. The lowest BCUT2D eigenvalue weighted by molar-refractivity contribution is 0.795. The van der Waals surface area contributed by atoms with E-state index in [0.29, 0.717) is 0 Å². The Bertz CT molecular complexity index is 567. The maximum Gasteiger partial charge on any atom is 0.135 e. The number of unbranched alkanes of at least 4 members (excludes halogenated alkanes) is 1. The summed E-state index contributed by atoms with van der Waals surface area (Å²) in [6.07, 6.45) is 5.56. The van der Waals surface area contributed by atoms with Crippen molar-refractivity contribution in [2.75, 3.05) is 5.32 Å². The van der Waals surface area contributed by atoms with Crippen LogP contribution in [0.25, 0.3) is 0 Å². The van der Waals surface area contributed by atoms with Crippen LogP contribution in [0.2, 0.25) is 0 Å². The molecule has 0 atom stereocenters. The molecule has 1 N–H and O–H groups in total. The molecule has 1 heterocycles. The summed E-state index contributed by atoms with van der Waals surface area (Å²) in [7, 11) is 0. The maximum atomic E-state index is 4.54. The first-order valence-electron chi connectivity index (χ1n) is 7.60. The number of halogens is 1. The van der Waals surface area contributed by atoms with Crippen LogP contribution in [0.3, 0.4) is 0 Å². The number of benzene rings is 1. The van der Waals surface area contributed by atoms with Crippen molar-refractivity contribution in [3.63, 3.8) is 0 Å². The Morgan fingerprint density at radius 3 is 2.43 bits per heavy atom. The first kappa shape index (κ1) is 16.0. The highest BCUT2D eigenvalue weighted by Crippen LogP contribution is 2.19. The number of nitrogens with one attached hydrogen (secondary N) is 1. The number of aryl methyl sites for hydroxylation is 2. The normalized spacial score (nSPS) is 10.6. The Morgan fingerprint density at radius 1 is 1.00 bits per heavy atom. The van der Waals surface area contributed by atoms with Crippen LogP contribution in [-0.2, 0) is 12.8 Å². The lowest BCUT2D eigenvalue weighted by atomic mass is 10.1. The molecule has 0 amide bonds. The van der Waals surface area contributed by atoms with Crippen LogP contribution < -0.4 is 5.32 Å². The van der Waals surface area contributed by atoms with E-state index in [4.69, 9.17) is 0 Å².